The fourth-order valence-electron chi connectivity index (χ4n) is 2.61. The van der Waals surface area contributed by atoms with Crippen molar-refractivity contribution in [1.29, 1.82) is 0 Å². The SMILES string of the molecule is COC(=O)c1ccc(NC(=O)c2cc(NCc3ccc(OC)cc3)ccn2)cc1. The van der Waals surface area contributed by atoms with E-state index in [1.54, 1.807) is 49.7 Å². The molecule has 7 heteroatoms. The van der Waals surface area contributed by atoms with E-state index in [1.807, 2.05) is 24.3 Å². The highest BCUT2D eigenvalue weighted by molar-refractivity contribution is 6.03. The van der Waals surface area contributed by atoms with Crippen LogP contribution in [0.2, 0.25) is 0 Å². The molecule has 0 bridgehead atoms. The number of rotatable bonds is 7. The molecule has 0 saturated heterocycles. The lowest BCUT2D eigenvalue weighted by Gasteiger charge is -2.09. The van der Waals surface area contributed by atoms with Crippen molar-refractivity contribution >= 4 is 23.3 Å². The van der Waals surface area contributed by atoms with Crippen LogP contribution in [0.15, 0.2) is 66.9 Å². The van der Waals surface area contributed by atoms with Gasteiger partial charge in [-0.2, -0.15) is 0 Å². The van der Waals surface area contributed by atoms with Gasteiger partial charge in [0.1, 0.15) is 11.4 Å². The first-order chi connectivity index (χ1) is 14.1. The second-order valence-corrected chi connectivity index (χ2v) is 6.15. The first-order valence-electron chi connectivity index (χ1n) is 8.91. The molecule has 148 valence electrons. The molecule has 2 aromatic carbocycles. The highest BCUT2D eigenvalue weighted by Gasteiger charge is 2.10. The van der Waals surface area contributed by atoms with Crippen LogP contribution in [-0.2, 0) is 11.3 Å². The van der Waals surface area contributed by atoms with Gasteiger partial charge in [0.25, 0.3) is 5.91 Å². The second kappa shape index (κ2) is 9.36. The summed E-state index contributed by atoms with van der Waals surface area (Å²) in [6, 6.07) is 17.7. The molecule has 0 saturated carbocycles. The molecule has 1 amide bonds. The van der Waals surface area contributed by atoms with Crippen LogP contribution in [0.4, 0.5) is 11.4 Å². The van der Waals surface area contributed by atoms with Crippen molar-refractivity contribution in [1.82, 2.24) is 4.98 Å². The molecule has 3 aromatic rings. The Hall–Kier alpha value is -3.87. The van der Waals surface area contributed by atoms with Crippen molar-refractivity contribution in [2.24, 2.45) is 0 Å². The minimum Gasteiger partial charge on any atom is -0.497 e. The number of aromatic nitrogens is 1. The van der Waals surface area contributed by atoms with E-state index < -0.39 is 5.97 Å². The van der Waals surface area contributed by atoms with Crippen LogP contribution in [0.25, 0.3) is 0 Å². The average molecular weight is 391 g/mol. The maximum atomic E-state index is 12.5. The molecule has 0 fully saturated rings. The Labute approximate surface area is 168 Å². The van der Waals surface area contributed by atoms with Gasteiger partial charge in [-0.1, -0.05) is 12.1 Å². The van der Waals surface area contributed by atoms with Gasteiger partial charge in [-0.3, -0.25) is 9.78 Å². The number of nitrogens with zero attached hydrogens (tertiary/aromatic N) is 1. The maximum absolute atomic E-state index is 12.5. The maximum Gasteiger partial charge on any atom is 0.337 e. The lowest BCUT2D eigenvalue weighted by molar-refractivity contribution is 0.0600. The summed E-state index contributed by atoms with van der Waals surface area (Å²) in [5.74, 6) is 0.0281. The van der Waals surface area contributed by atoms with E-state index in [-0.39, 0.29) is 11.6 Å². The molecular weight excluding hydrogens is 370 g/mol. The highest BCUT2D eigenvalue weighted by atomic mass is 16.5. The van der Waals surface area contributed by atoms with Crippen LogP contribution >= 0.6 is 0 Å². The normalized spacial score (nSPS) is 10.1. The number of methoxy groups -OCH3 is 2. The van der Waals surface area contributed by atoms with Gasteiger partial charge in [-0.05, 0) is 54.1 Å². The zero-order chi connectivity index (χ0) is 20.6. The Morgan fingerprint density at radius 2 is 1.66 bits per heavy atom. The molecule has 1 heterocycles. The lowest BCUT2D eigenvalue weighted by atomic mass is 10.2. The summed E-state index contributed by atoms with van der Waals surface area (Å²) >= 11 is 0. The molecule has 0 unspecified atom stereocenters. The quantitative estimate of drug-likeness (QED) is 0.597. The molecule has 29 heavy (non-hydrogen) atoms. The molecule has 0 radical (unpaired) electrons. The van der Waals surface area contributed by atoms with Gasteiger partial charge < -0.3 is 20.1 Å². The monoisotopic (exact) mass is 391 g/mol. The topological polar surface area (TPSA) is 89.5 Å². The molecule has 0 aliphatic carbocycles. The van der Waals surface area contributed by atoms with Crippen molar-refractivity contribution in [3.05, 3.63) is 83.7 Å². The van der Waals surface area contributed by atoms with E-state index >= 15 is 0 Å². The van der Waals surface area contributed by atoms with E-state index in [4.69, 9.17) is 4.74 Å². The number of nitrogens with one attached hydrogen (secondary N) is 2. The summed E-state index contributed by atoms with van der Waals surface area (Å²) in [4.78, 5) is 28.1. The molecule has 0 aliphatic rings. The average Bonchev–Trinajstić information content (AvgIpc) is 2.78. The predicted molar refractivity (Wildman–Crippen MR) is 110 cm³/mol. The van der Waals surface area contributed by atoms with Crippen LogP contribution < -0.4 is 15.4 Å². The van der Waals surface area contributed by atoms with Crippen molar-refractivity contribution in [3.8, 4) is 5.75 Å². The summed E-state index contributed by atoms with van der Waals surface area (Å²) in [5, 5.41) is 6.03. The number of ether oxygens (including phenoxy) is 2. The Morgan fingerprint density at radius 1 is 0.931 bits per heavy atom. The van der Waals surface area contributed by atoms with Crippen molar-refractivity contribution in [2.75, 3.05) is 24.9 Å². The zero-order valence-electron chi connectivity index (χ0n) is 16.1. The van der Waals surface area contributed by atoms with E-state index in [0.29, 0.717) is 17.8 Å². The van der Waals surface area contributed by atoms with Crippen LogP contribution in [0.5, 0.6) is 5.75 Å². The summed E-state index contributed by atoms with van der Waals surface area (Å²) in [7, 11) is 2.95. The van der Waals surface area contributed by atoms with Gasteiger partial charge in [-0.25, -0.2) is 4.79 Å². The number of hydrogen-bond donors (Lipinski definition) is 2. The third kappa shape index (κ3) is 5.32. The molecule has 1 aromatic heterocycles. The van der Waals surface area contributed by atoms with Crippen molar-refractivity contribution in [3.63, 3.8) is 0 Å². The Bertz CT molecular complexity index is 986. The zero-order valence-corrected chi connectivity index (χ0v) is 16.1. The van der Waals surface area contributed by atoms with Crippen molar-refractivity contribution < 1.29 is 19.1 Å². The standard InChI is InChI=1S/C22H21N3O4/c1-28-19-9-3-15(4-10-19)14-24-18-11-12-23-20(13-18)21(26)25-17-7-5-16(6-8-17)22(27)29-2/h3-13H,14H2,1-2H3,(H,23,24)(H,25,26). The summed E-state index contributed by atoms with van der Waals surface area (Å²) < 4.78 is 9.81. The number of benzene rings is 2. The number of carbonyl (C=O) groups excluding carboxylic acids is 2. The van der Waals surface area contributed by atoms with Crippen LogP contribution in [0.3, 0.4) is 0 Å². The first-order valence-corrected chi connectivity index (χ1v) is 8.91. The van der Waals surface area contributed by atoms with Crippen LogP contribution in [0.1, 0.15) is 26.4 Å². The highest BCUT2D eigenvalue weighted by Crippen LogP contribution is 2.16. The summed E-state index contributed by atoms with van der Waals surface area (Å²) in [6.45, 7) is 0.601. The van der Waals surface area contributed by atoms with Gasteiger partial charge >= 0.3 is 5.97 Å². The van der Waals surface area contributed by atoms with Crippen LogP contribution in [0, 0.1) is 0 Å². The number of amides is 1. The van der Waals surface area contributed by atoms with E-state index in [1.165, 1.54) is 7.11 Å². The summed E-state index contributed by atoms with van der Waals surface area (Å²) in [5.41, 5.74) is 3.11. The Morgan fingerprint density at radius 3 is 2.31 bits per heavy atom. The first kappa shape index (κ1) is 19.9. The van der Waals surface area contributed by atoms with E-state index in [2.05, 4.69) is 20.4 Å². The third-order valence-electron chi connectivity index (χ3n) is 4.21. The van der Waals surface area contributed by atoms with Gasteiger partial charge in [0.15, 0.2) is 0 Å². The molecule has 7 nitrogen and oxygen atoms in total. The van der Waals surface area contributed by atoms with Gasteiger partial charge in [-0.15, -0.1) is 0 Å². The number of carbonyl (C=O) groups is 2. The molecule has 0 aliphatic heterocycles. The van der Waals surface area contributed by atoms with Gasteiger partial charge in [0.05, 0.1) is 19.8 Å². The summed E-state index contributed by atoms with van der Waals surface area (Å²) in [6.07, 6.45) is 1.58. The number of hydrogen-bond acceptors (Lipinski definition) is 6. The van der Waals surface area contributed by atoms with Crippen LogP contribution in [-0.4, -0.2) is 31.1 Å². The van der Waals surface area contributed by atoms with Gasteiger partial charge in [0, 0.05) is 24.1 Å². The molecule has 0 spiro atoms. The minimum atomic E-state index is -0.430. The van der Waals surface area contributed by atoms with Gasteiger partial charge in [0.2, 0.25) is 0 Å². The van der Waals surface area contributed by atoms with E-state index in [0.717, 1.165) is 17.0 Å². The fourth-order valence-corrected chi connectivity index (χ4v) is 2.61. The smallest absolute Gasteiger partial charge is 0.337 e. The number of anilines is 2. The molecular formula is C22H21N3O4. The Balaban J connectivity index is 1.61. The molecule has 3 rings (SSSR count). The number of pyridine rings is 1. The number of esters is 1. The third-order valence-corrected chi connectivity index (χ3v) is 4.21. The molecule has 2 N–H and O–H groups in total. The minimum absolute atomic E-state index is 0.279. The molecule has 0 atom stereocenters. The Kier molecular flexibility index (Phi) is 6.42. The fraction of sp³-hybridized carbons (Fsp3) is 0.136. The second-order valence-electron chi connectivity index (χ2n) is 6.15. The largest absolute Gasteiger partial charge is 0.497 e. The predicted octanol–water partition coefficient (Wildman–Crippen LogP) is 3.74. The van der Waals surface area contributed by atoms with E-state index in [9.17, 15) is 9.59 Å². The van der Waals surface area contributed by atoms with Crippen molar-refractivity contribution in [2.45, 2.75) is 6.54 Å². The lowest BCUT2D eigenvalue weighted by Crippen LogP contribution is -2.14.